The molecule has 2 aromatic heterocycles. The standard InChI is InChI=1S/C21H18Cl2N4O3/c1-30-12-17(28)11-26-21(29)27-20(25-26)19(14-4-8-16(23)9-5-14)18(10-24-27)13-2-6-15(22)7-3-13/h2-10,17,28H,11-12H2,1H3/t17-/m0/s1. The van der Waals surface area contributed by atoms with Gasteiger partial charge in [0.15, 0.2) is 5.65 Å². The number of benzene rings is 2. The molecule has 30 heavy (non-hydrogen) atoms. The van der Waals surface area contributed by atoms with Crippen molar-refractivity contribution < 1.29 is 9.84 Å². The van der Waals surface area contributed by atoms with Gasteiger partial charge in [-0.3, -0.25) is 0 Å². The highest BCUT2D eigenvalue weighted by Gasteiger charge is 2.19. The number of methoxy groups -OCH3 is 1. The minimum atomic E-state index is -0.868. The molecule has 0 aliphatic heterocycles. The van der Waals surface area contributed by atoms with Crippen molar-refractivity contribution in [2.24, 2.45) is 0 Å². The maximum absolute atomic E-state index is 12.8. The van der Waals surface area contributed by atoms with Crippen LogP contribution in [0.25, 0.3) is 27.9 Å². The Hall–Kier alpha value is -2.71. The molecule has 0 aliphatic carbocycles. The monoisotopic (exact) mass is 444 g/mol. The Bertz CT molecular complexity index is 1230. The Kier molecular flexibility index (Phi) is 5.87. The fourth-order valence-corrected chi connectivity index (χ4v) is 3.52. The maximum atomic E-state index is 12.8. The number of nitrogens with zero attached hydrogens (tertiary/aromatic N) is 4. The lowest BCUT2D eigenvalue weighted by molar-refractivity contribution is 0.0507. The van der Waals surface area contributed by atoms with Crippen molar-refractivity contribution in [3.8, 4) is 22.3 Å². The third-order valence-corrected chi connectivity index (χ3v) is 5.15. The van der Waals surface area contributed by atoms with E-state index < -0.39 is 11.8 Å². The Morgan fingerprint density at radius 3 is 2.23 bits per heavy atom. The molecule has 0 saturated heterocycles. The van der Waals surface area contributed by atoms with Crippen molar-refractivity contribution in [2.75, 3.05) is 13.7 Å². The fourth-order valence-electron chi connectivity index (χ4n) is 3.27. The van der Waals surface area contributed by atoms with E-state index in [9.17, 15) is 9.90 Å². The van der Waals surface area contributed by atoms with Crippen LogP contribution < -0.4 is 5.69 Å². The van der Waals surface area contributed by atoms with Gasteiger partial charge in [0.2, 0.25) is 0 Å². The highest BCUT2D eigenvalue weighted by molar-refractivity contribution is 6.31. The van der Waals surface area contributed by atoms with Crippen molar-refractivity contribution in [1.29, 1.82) is 0 Å². The van der Waals surface area contributed by atoms with E-state index >= 15 is 0 Å². The van der Waals surface area contributed by atoms with E-state index in [0.29, 0.717) is 15.7 Å². The second-order valence-corrected chi connectivity index (χ2v) is 7.63. The lowest BCUT2D eigenvalue weighted by atomic mass is 9.97. The fraction of sp³-hybridized carbons (Fsp3) is 0.190. The summed E-state index contributed by atoms with van der Waals surface area (Å²) in [5.74, 6) is 0. The Morgan fingerprint density at radius 1 is 1.03 bits per heavy atom. The quantitative estimate of drug-likeness (QED) is 0.491. The Labute approximate surface area is 182 Å². The number of rotatable bonds is 6. The molecule has 0 unspecified atom stereocenters. The van der Waals surface area contributed by atoms with E-state index in [0.717, 1.165) is 22.3 Å². The molecule has 4 aromatic rings. The molecule has 2 heterocycles. The first-order chi connectivity index (χ1) is 14.5. The summed E-state index contributed by atoms with van der Waals surface area (Å²) < 4.78 is 7.36. The molecular weight excluding hydrogens is 427 g/mol. The molecule has 0 radical (unpaired) electrons. The number of hydrogen-bond donors (Lipinski definition) is 1. The van der Waals surface area contributed by atoms with E-state index in [1.165, 1.54) is 16.3 Å². The molecule has 154 valence electrons. The second kappa shape index (κ2) is 8.57. The van der Waals surface area contributed by atoms with Crippen molar-refractivity contribution in [3.05, 3.63) is 75.3 Å². The molecule has 9 heteroatoms. The molecule has 4 rings (SSSR count). The molecule has 0 bridgehead atoms. The van der Waals surface area contributed by atoms with Gasteiger partial charge in [0.05, 0.1) is 25.5 Å². The summed E-state index contributed by atoms with van der Waals surface area (Å²) in [5, 5.41) is 20.0. The summed E-state index contributed by atoms with van der Waals surface area (Å²) in [6.07, 6.45) is 0.756. The van der Waals surface area contributed by atoms with Gasteiger partial charge >= 0.3 is 5.69 Å². The van der Waals surface area contributed by atoms with Crippen LogP contribution in [0, 0.1) is 0 Å². The molecule has 7 nitrogen and oxygen atoms in total. The van der Waals surface area contributed by atoms with Gasteiger partial charge in [0.25, 0.3) is 0 Å². The number of fused-ring (bicyclic) bond motifs is 1. The van der Waals surface area contributed by atoms with Crippen LogP contribution in [0.2, 0.25) is 10.0 Å². The minimum absolute atomic E-state index is 0.00757. The van der Waals surface area contributed by atoms with Gasteiger partial charge in [-0.05, 0) is 35.4 Å². The highest BCUT2D eigenvalue weighted by atomic mass is 35.5. The number of hydrogen-bond acceptors (Lipinski definition) is 5. The smallest absolute Gasteiger partial charge is 0.367 e. The lowest BCUT2D eigenvalue weighted by Gasteiger charge is -2.11. The molecule has 2 aromatic carbocycles. The zero-order chi connectivity index (χ0) is 21.3. The number of halogens is 2. The normalized spacial score (nSPS) is 12.4. The summed E-state index contributed by atoms with van der Waals surface area (Å²) in [5.41, 5.74) is 3.14. The van der Waals surface area contributed by atoms with Gasteiger partial charge in [-0.25, -0.2) is 9.48 Å². The third kappa shape index (κ3) is 3.97. The highest BCUT2D eigenvalue weighted by Crippen LogP contribution is 2.34. The van der Waals surface area contributed by atoms with Crippen LogP contribution in [0.3, 0.4) is 0 Å². The zero-order valence-electron chi connectivity index (χ0n) is 16.0. The van der Waals surface area contributed by atoms with E-state index in [1.807, 2.05) is 24.3 Å². The van der Waals surface area contributed by atoms with Crippen LogP contribution in [0.1, 0.15) is 0 Å². The third-order valence-electron chi connectivity index (χ3n) is 4.64. The van der Waals surface area contributed by atoms with Gasteiger partial charge in [0, 0.05) is 28.3 Å². The van der Waals surface area contributed by atoms with Crippen LogP contribution in [0.5, 0.6) is 0 Å². The van der Waals surface area contributed by atoms with Crippen LogP contribution in [-0.2, 0) is 11.3 Å². The molecule has 0 aliphatic rings. The molecule has 1 atom stereocenters. The first kappa shape index (κ1) is 20.6. The second-order valence-electron chi connectivity index (χ2n) is 6.76. The van der Waals surface area contributed by atoms with Gasteiger partial charge < -0.3 is 9.84 Å². The van der Waals surface area contributed by atoms with Crippen LogP contribution in [-0.4, -0.2) is 44.3 Å². The maximum Gasteiger partial charge on any atom is 0.367 e. The zero-order valence-corrected chi connectivity index (χ0v) is 17.5. The predicted octanol–water partition coefficient (Wildman–Crippen LogP) is 3.54. The van der Waals surface area contributed by atoms with Gasteiger partial charge in [0.1, 0.15) is 0 Å². The van der Waals surface area contributed by atoms with Gasteiger partial charge in [-0.2, -0.15) is 9.61 Å². The molecule has 0 fully saturated rings. The number of aliphatic hydroxyl groups is 1. The summed E-state index contributed by atoms with van der Waals surface area (Å²) in [7, 11) is 1.48. The summed E-state index contributed by atoms with van der Waals surface area (Å²) in [6, 6.07) is 14.6. The Morgan fingerprint density at radius 2 is 1.63 bits per heavy atom. The van der Waals surface area contributed by atoms with Crippen LogP contribution >= 0.6 is 23.2 Å². The van der Waals surface area contributed by atoms with Crippen molar-refractivity contribution in [1.82, 2.24) is 19.4 Å². The van der Waals surface area contributed by atoms with Crippen LogP contribution in [0.15, 0.2) is 59.5 Å². The van der Waals surface area contributed by atoms with Crippen molar-refractivity contribution >= 4 is 28.8 Å². The first-order valence-corrected chi connectivity index (χ1v) is 9.91. The van der Waals surface area contributed by atoms with Gasteiger partial charge in [-0.15, -0.1) is 5.10 Å². The van der Waals surface area contributed by atoms with E-state index in [4.69, 9.17) is 27.9 Å². The summed E-state index contributed by atoms with van der Waals surface area (Å²) >= 11 is 12.1. The van der Waals surface area contributed by atoms with Crippen molar-refractivity contribution in [2.45, 2.75) is 12.6 Å². The lowest BCUT2D eigenvalue weighted by Crippen LogP contribution is -2.30. The molecular formula is C21H18Cl2N4O3. The Balaban J connectivity index is 1.95. The summed E-state index contributed by atoms with van der Waals surface area (Å²) in [4.78, 5) is 12.8. The molecule has 1 N–H and O–H groups in total. The minimum Gasteiger partial charge on any atom is -0.389 e. The van der Waals surface area contributed by atoms with E-state index in [1.54, 1.807) is 30.5 Å². The topological polar surface area (TPSA) is 81.7 Å². The number of aromatic nitrogens is 4. The van der Waals surface area contributed by atoms with Crippen LogP contribution in [0.4, 0.5) is 0 Å². The SMILES string of the molecule is COC[C@@H](O)Cn1nc2c(-c3ccc(Cl)cc3)c(-c3ccc(Cl)cc3)cnn2c1=O. The van der Waals surface area contributed by atoms with Gasteiger partial charge in [-0.1, -0.05) is 47.5 Å². The molecule has 0 spiro atoms. The first-order valence-electron chi connectivity index (χ1n) is 9.15. The largest absolute Gasteiger partial charge is 0.389 e. The predicted molar refractivity (Wildman–Crippen MR) is 116 cm³/mol. The molecule has 0 saturated carbocycles. The van der Waals surface area contributed by atoms with E-state index in [-0.39, 0.29) is 13.2 Å². The number of ether oxygens (including phenoxy) is 1. The average Bonchev–Trinajstić information content (AvgIpc) is 3.04. The van der Waals surface area contributed by atoms with Crippen molar-refractivity contribution in [3.63, 3.8) is 0 Å². The average molecular weight is 445 g/mol. The number of aliphatic hydroxyl groups excluding tert-OH is 1. The molecule has 0 amide bonds. The summed E-state index contributed by atoms with van der Waals surface area (Å²) in [6.45, 7) is 0.0835. The van der Waals surface area contributed by atoms with E-state index in [2.05, 4.69) is 10.2 Å².